The van der Waals surface area contributed by atoms with E-state index in [1.807, 2.05) is 19.9 Å². The predicted molar refractivity (Wildman–Crippen MR) is 87.6 cm³/mol. The highest BCUT2D eigenvalue weighted by molar-refractivity contribution is 6.07. The molecule has 1 aromatic carbocycles. The van der Waals surface area contributed by atoms with Gasteiger partial charge in [-0.3, -0.25) is 4.79 Å². The molecule has 1 amide bonds. The average Bonchev–Trinajstić information content (AvgIpc) is 3.22. The zero-order valence-corrected chi connectivity index (χ0v) is 13.2. The first kappa shape index (κ1) is 13.1. The van der Waals surface area contributed by atoms with Gasteiger partial charge in [-0.15, -0.1) is 0 Å². The minimum absolute atomic E-state index is 0.0442. The fourth-order valence-corrected chi connectivity index (χ4v) is 3.94. The van der Waals surface area contributed by atoms with Crippen molar-refractivity contribution in [3.05, 3.63) is 34.8 Å². The Morgan fingerprint density at radius 2 is 2.13 bits per heavy atom. The number of carbonyl (C=O) groups excluding carboxylic acids is 1. The van der Waals surface area contributed by atoms with Gasteiger partial charge in [0.2, 0.25) is 5.91 Å². The molecule has 0 spiro atoms. The largest absolute Gasteiger partial charge is 0.340 e. The summed E-state index contributed by atoms with van der Waals surface area (Å²) in [6.45, 7) is 3.91. The number of hydrogen-bond acceptors (Lipinski definition) is 4. The number of imidazole rings is 1. The maximum absolute atomic E-state index is 12.1. The van der Waals surface area contributed by atoms with Crippen molar-refractivity contribution in [2.75, 3.05) is 5.32 Å². The normalized spacial score (nSPS) is 24.8. The molecule has 5 rings (SSSR count). The Morgan fingerprint density at radius 3 is 3.00 bits per heavy atom. The standard InChI is InChI=1S/C17H19N5O/c1-17(2)9-6-12-13(7-11(9)20-16(17)23)19-15(18-12)14-8-4-3-5-10(8)21-22-14/h6-7,14,21-22H,3-5H2,1-2H3,(H,18,19)(H,20,23). The Hall–Kier alpha value is -2.34. The van der Waals surface area contributed by atoms with Crippen LogP contribution in [0.2, 0.25) is 0 Å². The van der Waals surface area contributed by atoms with E-state index < -0.39 is 5.41 Å². The molecule has 0 saturated carbocycles. The molecule has 1 atom stereocenters. The van der Waals surface area contributed by atoms with Gasteiger partial charge in [0.25, 0.3) is 0 Å². The highest BCUT2D eigenvalue weighted by atomic mass is 16.2. The molecule has 1 unspecified atom stereocenters. The fraction of sp³-hybridized carbons (Fsp3) is 0.412. The lowest BCUT2D eigenvalue weighted by molar-refractivity contribution is -0.119. The van der Waals surface area contributed by atoms with Crippen LogP contribution in [0.4, 0.5) is 5.69 Å². The van der Waals surface area contributed by atoms with Gasteiger partial charge in [0.1, 0.15) is 11.9 Å². The van der Waals surface area contributed by atoms with E-state index >= 15 is 0 Å². The van der Waals surface area contributed by atoms with Crippen molar-refractivity contribution in [3.63, 3.8) is 0 Å². The number of H-pyrrole nitrogens is 1. The second-order valence-corrected chi connectivity index (χ2v) is 7.18. The molecular formula is C17H19N5O. The number of nitrogens with zero attached hydrogens (tertiary/aromatic N) is 1. The van der Waals surface area contributed by atoms with Crippen LogP contribution in [-0.4, -0.2) is 15.9 Å². The van der Waals surface area contributed by atoms with Crippen molar-refractivity contribution in [1.82, 2.24) is 20.8 Å². The monoisotopic (exact) mass is 309 g/mol. The summed E-state index contributed by atoms with van der Waals surface area (Å²) in [4.78, 5) is 20.3. The zero-order chi connectivity index (χ0) is 15.8. The van der Waals surface area contributed by atoms with Crippen molar-refractivity contribution in [1.29, 1.82) is 0 Å². The number of anilines is 1. The van der Waals surface area contributed by atoms with Gasteiger partial charge in [-0.1, -0.05) is 0 Å². The number of nitrogens with one attached hydrogen (secondary N) is 4. The van der Waals surface area contributed by atoms with Crippen LogP contribution in [0.15, 0.2) is 23.4 Å². The first-order valence-corrected chi connectivity index (χ1v) is 8.13. The number of benzene rings is 1. The molecule has 4 N–H and O–H groups in total. The van der Waals surface area contributed by atoms with E-state index in [1.54, 1.807) is 0 Å². The zero-order valence-electron chi connectivity index (χ0n) is 13.2. The smallest absolute Gasteiger partial charge is 0.234 e. The van der Waals surface area contributed by atoms with E-state index in [1.165, 1.54) is 17.7 Å². The molecule has 1 aliphatic carbocycles. The van der Waals surface area contributed by atoms with E-state index in [0.29, 0.717) is 0 Å². The minimum atomic E-state index is -0.497. The second-order valence-electron chi connectivity index (χ2n) is 7.18. The maximum atomic E-state index is 12.1. The summed E-state index contributed by atoms with van der Waals surface area (Å²) >= 11 is 0. The van der Waals surface area contributed by atoms with Gasteiger partial charge in [-0.05, 0) is 56.4 Å². The molecule has 6 nitrogen and oxygen atoms in total. The summed E-state index contributed by atoms with van der Waals surface area (Å²) in [7, 11) is 0. The van der Waals surface area contributed by atoms with Crippen molar-refractivity contribution in [3.8, 4) is 0 Å². The number of carbonyl (C=O) groups is 1. The third kappa shape index (κ3) is 1.67. The number of rotatable bonds is 1. The van der Waals surface area contributed by atoms with Crippen LogP contribution in [0.25, 0.3) is 11.0 Å². The number of hydrogen-bond donors (Lipinski definition) is 4. The molecule has 6 heteroatoms. The van der Waals surface area contributed by atoms with Gasteiger partial charge >= 0.3 is 0 Å². The first-order valence-electron chi connectivity index (χ1n) is 8.13. The molecule has 2 aromatic rings. The molecular weight excluding hydrogens is 290 g/mol. The maximum Gasteiger partial charge on any atom is 0.234 e. The number of fused-ring (bicyclic) bond motifs is 2. The van der Waals surface area contributed by atoms with Crippen molar-refractivity contribution >= 4 is 22.6 Å². The molecule has 0 radical (unpaired) electrons. The Bertz CT molecular complexity index is 892. The van der Waals surface area contributed by atoms with Gasteiger partial charge in [0.05, 0.1) is 16.4 Å². The lowest BCUT2D eigenvalue weighted by atomic mass is 9.86. The molecule has 2 aliphatic heterocycles. The van der Waals surface area contributed by atoms with E-state index in [2.05, 4.69) is 27.2 Å². The summed E-state index contributed by atoms with van der Waals surface area (Å²) in [5.41, 5.74) is 12.7. The SMILES string of the molecule is CC1(C)C(=O)Nc2cc3nc(C4NNC5=C4CCC5)[nH]c3cc21. The van der Waals surface area contributed by atoms with Crippen LogP contribution in [0.1, 0.15) is 50.5 Å². The van der Waals surface area contributed by atoms with Crippen LogP contribution >= 0.6 is 0 Å². The number of aromatic nitrogens is 2. The Balaban J connectivity index is 1.61. The van der Waals surface area contributed by atoms with Crippen LogP contribution in [0.3, 0.4) is 0 Å². The van der Waals surface area contributed by atoms with Gasteiger partial charge in [0.15, 0.2) is 0 Å². The van der Waals surface area contributed by atoms with E-state index in [-0.39, 0.29) is 11.9 Å². The Kier molecular flexibility index (Phi) is 2.36. The quantitative estimate of drug-likeness (QED) is 0.652. The summed E-state index contributed by atoms with van der Waals surface area (Å²) in [5, 5.41) is 2.97. The molecule has 0 fully saturated rings. The second kappa shape index (κ2) is 4.14. The van der Waals surface area contributed by atoms with Gasteiger partial charge < -0.3 is 15.7 Å². The number of allylic oxidation sites excluding steroid dienone is 1. The average molecular weight is 309 g/mol. The number of amides is 1. The molecule has 118 valence electrons. The summed E-state index contributed by atoms with van der Waals surface area (Å²) < 4.78 is 0. The van der Waals surface area contributed by atoms with Crippen LogP contribution in [-0.2, 0) is 10.2 Å². The fourth-order valence-electron chi connectivity index (χ4n) is 3.94. The lowest BCUT2D eigenvalue weighted by Gasteiger charge is -2.14. The molecule has 0 saturated heterocycles. The Morgan fingerprint density at radius 1 is 1.26 bits per heavy atom. The predicted octanol–water partition coefficient (Wildman–Crippen LogP) is 2.38. The minimum Gasteiger partial charge on any atom is -0.340 e. The summed E-state index contributed by atoms with van der Waals surface area (Å²) in [6, 6.07) is 4.16. The van der Waals surface area contributed by atoms with E-state index in [9.17, 15) is 4.79 Å². The number of aromatic amines is 1. The van der Waals surface area contributed by atoms with Crippen LogP contribution in [0, 0.1) is 0 Å². The van der Waals surface area contributed by atoms with Gasteiger partial charge in [-0.2, -0.15) is 0 Å². The van der Waals surface area contributed by atoms with Crippen molar-refractivity contribution in [2.45, 2.75) is 44.6 Å². The molecule has 3 heterocycles. The van der Waals surface area contributed by atoms with Crippen molar-refractivity contribution in [2.24, 2.45) is 0 Å². The molecule has 3 aliphatic rings. The highest BCUT2D eigenvalue weighted by Crippen LogP contribution is 2.41. The molecule has 1 aromatic heterocycles. The summed E-state index contributed by atoms with van der Waals surface area (Å²) in [6.07, 6.45) is 3.45. The van der Waals surface area contributed by atoms with Gasteiger partial charge in [0, 0.05) is 11.4 Å². The Labute approximate surface area is 133 Å². The first-order chi connectivity index (χ1) is 11.0. The van der Waals surface area contributed by atoms with Crippen LogP contribution in [0.5, 0.6) is 0 Å². The highest BCUT2D eigenvalue weighted by Gasteiger charge is 2.39. The van der Waals surface area contributed by atoms with E-state index in [0.717, 1.165) is 41.0 Å². The third-order valence-corrected chi connectivity index (χ3v) is 5.38. The van der Waals surface area contributed by atoms with Crippen molar-refractivity contribution < 1.29 is 4.79 Å². The van der Waals surface area contributed by atoms with E-state index in [4.69, 9.17) is 4.98 Å². The van der Waals surface area contributed by atoms with Crippen LogP contribution < -0.4 is 16.2 Å². The lowest BCUT2D eigenvalue weighted by Crippen LogP contribution is -2.28. The third-order valence-electron chi connectivity index (χ3n) is 5.38. The molecule has 0 bridgehead atoms. The topological polar surface area (TPSA) is 81.8 Å². The molecule has 23 heavy (non-hydrogen) atoms. The summed E-state index contributed by atoms with van der Waals surface area (Å²) in [5.74, 6) is 0.981. The number of hydrazine groups is 1. The van der Waals surface area contributed by atoms with Gasteiger partial charge in [-0.25, -0.2) is 10.4 Å².